The van der Waals surface area contributed by atoms with Crippen LogP contribution in [0, 0.1) is 34.9 Å². The highest BCUT2D eigenvalue weighted by atomic mass is 31.1. The summed E-state index contributed by atoms with van der Waals surface area (Å²) in [6.07, 6.45) is -10.8. The number of primary amides is 2. The van der Waals surface area contributed by atoms with Crippen molar-refractivity contribution < 1.29 is 92.7 Å². The number of rotatable bonds is 17. The van der Waals surface area contributed by atoms with Gasteiger partial charge in [0.25, 0.3) is 0 Å². The Balaban J connectivity index is 0.000000275. The number of benzene rings is 4. The number of halogens is 12. The van der Waals surface area contributed by atoms with Crippen LogP contribution in [0.5, 0.6) is 0 Å². The first-order chi connectivity index (χ1) is 38.1. The number of aromatic nitrogens is 6. The van der Waals surface area contributed by atoms with Crippen molar-refractivity contribution in [2.45, 2.75) is 88.4 Å². The number of carbonyl (C=O) groups excluding carboxylic acids is 4. The minimum atomic E-state index is -4.71. The minimum absolute atomic E-state index is 0. The molecule has 33 heteroatoms. The van der Waals surface area contributed by atoms with E-state index < -0.39 is 115 Å². The Kier molecular flexibility index (Phi) is 20.8. The van der Waals surface area contributed by atoms with Crippen molar-refractivity contribution in [1.29, 1.82) is 0 Å². The highest BCUT2D eigenvalue weighted by molar-refractivity contribution is 7.30. The van der Waals surface area contributed by atoms with Gasteiger partial charge in [0.1, 0.15) is 23.7 Å². The molecule has 436 valence electrons. The van der Waals surface area contributed by atoms with Gasteiger partial charge in [0.05, 0.1) is 13.1 Å². The van der Waals surface area contributed by atoms with Crippen molar-refractivity contribution >= 4 is 31.9 Å². The minimum Gasteiger partial charge on any atom is -0.565 e. The monoisotopic (exact) mass is 1180 g/mol. The van der Waals surface area contributed by atoms with Gasteiger partial charge in [-0.1, -0.05) is 60.7 Å². The quantitative estimate of drug-likeness (QED) is 0.0249. The molecule has 2 aliphatic rings. The van der Waals surface area contributed by atoms with Gasteiger partial charge < -0.3 is 35.3 Å². The molecule has 0 aliphatic carbocycles. The third-order valence-corrected chi connectivity index (χ3v) is 12.5. The van der Waals surface area contributed by atoms with Gasteiger partial charge in [-0.2, -0.15) is 26.3 Å². The van der Waals surface area contributed by atoms with Crippen molar-refractivity contribution in [1.82, 2.24) is 50.0 Å². The zero-order valence-corrected chi connectivity index (χ0v) is 42.4. The van der Waals surface area contributed by atoms with Gasteiger partial charge in [-0.3, -0.25) is 29.8 Å². The summed E-state index contributed by atoms with van der Waals surface area (Å²) in [5.41, 5.74) is 11.5. The predicted molar refractivity (Wildman–Crippen MR) is 254 cm³/mol. The maximum Gasteiger partial charge on any atom is 0.521 e. The van der Waals surface area contributed by atoms with Crippen molar-refractivity contribution in [2.75, 3.05) is 13.1 Å². The molecule has 8 rings (SSSR count). The molecule has 4 amide bonds. The molecule has 20 nitrogen and oxygen atoms in total. The number of amides is 4. The molecule has 2 aliphatic heterocycles. The molecular formula is C48H47F12N12O8P. The zero-order chi connectivity index (χ0) is 59.5. The van der Waals surface area contributed by atoms with E-state index >= 15 is 0 Å². The lowest BCUT2D eigenvalue weighted by Crippen LogP contribution is -2.46. The summed E-state index contributed by atoms with van der Waals surface area (Å²) in [6.45, 7) is -1.09. The molecule has 4 heterocycles. The third-order valence-electron chi connectivity index (χ3n) is 12.4. The van der Waals surface area contributed by atoms with E-state index in [1.54, 1.807) is 60.7 Å². The van der Waals surface area contributed by atoms with Gasteiger partial charge in [0, 0.05) is 69.3 Å². The lowest BCUT2D eigenvalue weighted by atomic mass is 9.98. The number of nitrogens with two attached hydrogens (primary N) is 2. The molecule has 0 radical (unpaired) electrons. The topological polar surface area (TPSA) is 282 Å². The Bertz CT molecular complexity index is 3020. The second-order valence-electron chi connectivity index (χ2n) is 17.9. The lowest BCUT2D eigenvalue weighted by molar-refractivity contribution is -0.244. The second kappa shape index (κ2) is 27.0. The first kappa shape index (κ1) is 62.3. The molecule has 0 saturated carbocycles. The van der Waals surface area contributed by atoms with E-state index in [9.17, 15) is 71.9 Å². The van der Waals surface area contributed by atoms with Crippen LogP contribution in [-0.4, -0.2) is 93.4 Å². The van der Waals surface area contributed by atoms with Crippen LogP contribution < -0.4 is 27.0 Å². The standard InChI is InChI=1S/2C24H22F6N6O2.HO4P.H2/c2*25-16-11-18(27)17(26)9-14(16)8-15(32-21(22(31)38)13-4-2-1-3-5-13)10-20(37)35-6-7-36-19(12-35)33-34-23(36)24(28,29)30;1-4-5(2)3;/h2*1-5,9,11,15,21,32H,6-8,10,12H2,(H2,31,38);1H;1H/t15?,21-;15-,21+;;/m01../s1. The predicted octanol–water partition coefficient (Wildman–Crippen LogP) is 5.49. The highest BCUT2D eigenvalue weighted by Gasteiger charge is 2.42. The van der Waals surface area contributed by atoms with Gasteiger partial charge in [-0.05, 0) is 51.8 Å². The van der Waals surface area contributed by atoms with Crippen LogP contribution in [0.15, 0.2) is 84.9 Å². The van der Waals surface area contributed by atoms with Crippen LogP contribution >= 0.6 is 8.25 Å². The average Bonchev–Trinajstić information content (AvgIpc) is 4.17. The first-order valence-electron chi connectivity index (χ1n) is 23.6. The molecule has 0 bridgehead atoms. The van der Waals surface area contributed by atoms with E-state index in [4.69, 9.17) is 26.2 Å². The summed E-state index contributed by atoms with van der Waals surface area (Å²) in [5, 5.41) is 26.3. The summed E-state index contributed by atoms with van der Waals surface area (Å²) in [7, 11) is -3.04. The average molecular weight is 1180 g/mol. The Hall–Kier alpha value is -7.90. The molecule has 0 saturated heterocycles. The third kappa shape index (κ3) is 16.6. The fraction of sp³-hybridized carbons (Fsp3) is 0.333. The fourth-order valence-corrected chi connectivity index (χ4v) is 8.64. The van der Waals surface area contributed by atoms with Crippen LogP contribution in [-0.2, 0) is 79.8 Å². The van der Waals surface area contributed by atoms with Gasteiger partial charge in [0.15, 0.2) is 34.9 Å². The van der Waals surface area contributed by atoms with Gasteiger partial charge >= 0.3 is 20.6 Å². The summed E-state index contributed by atoms with van der Waals surface area (Å²) in [4.78, 5) is 62.2. The molecule has 0 spiro atoms. The van der Waals surface area contributed by atoms with Crippen molar-refractivity contribution in [2.24, 2.45) is 11.5 Å². The van der Waals surface area contributed by atoms with Crippen LogP contribution in [0.3, 0.4) is 0 Å². The number of alkyl halides is 6. The summed E-state index contributed by atoms with van der Waals surface area (Å²) >= 11 is 0. The van der Waals surface area contributed by atoms with Crippen LogP contribution in [0.4, 0.5) is 52.7 Å². The van der Waals surface area contributed by atoms with E-state index in [-0.39, 0.29) is 89.2 Å². The van der Waals surface area contributed by atoms with Crippen LogP contribution in [0.2, 0.25) is 0 Å². The normalized spacial score (nSPS) is 14.9. The van der Waals surface area contributed by atoms with E-state index in [1.807, 2.05) is 0 Å². The molecule has 2 aromatic heterocycles. The number of hydrogen-bond donors (Lipinski definition) is 5. The second-order valence-corrected chi connectivity index (χ2v) is 18.5. The summed E-state index contributed by atoms with van der Waals surface area (Å²) < 4.78 is 176. The van der Waals surface area contributed by atoms with Gasteiger partial charge in [-0.15, -0.1) is 20.4 Å². The highest BCUT2D eigenvalue weighted by Crippen LogP contribution is 2.32. The molecule has 0 fully saturated rings. The Labute approximate surface area is 452 Å². The van der Waals surface area contributed by atoms with Crippen molar-refractivity contribution in [3.8, 4) is 0 Å². The lowest BCUT2D eigenvalue weighted by Gasteiger charge is -2.31. The number of fused-ring (bicyclic) bond motifs is 2. The number of nitrogens with one attached hydrogen (secondary N) is 2. The van der Waals surface area contributed by atoms with Crippen LogP contribution in [0.25, 0.3) is 0 Å². The van der Waals surface area contributed by atoms with Gasteiger partial charge in [-0.25, -0.2) is 31.6 Å². The fourth-order valence-electron chi connectivity index (χ4n) is 8.64. The Morgan fingerprint density at radius 2 is 0.926 bits per heavy atom. The molecule has 7 N–H and O–H groups in total. The number of hydrogen-bond acceptors (Lipinski definition) is 14. The van der Waals surface area contributed by atoms with E-state index in [2.05, 4.69) is 35.7 Å². The largest absolute Gasteiger partial charge is 0.565 e. The summed E-state index contributed by atoms with van der Waals surface area (Å²) in [6, 6.07) is 14.3. The molecule has 81 heavy (non-hydrogen) atoms. The first-order valence-corrected chi connectivity index (χ1v) is 24.7. The molecule has 4 aromatic carbocycles. The summed E-state index contributed by atoms with van der Waals surface area (Å²) in [5.74, 6) is -12.6. The maximum atomic E-state index is 14.4. The van der Waals surface area contributed by atoms with E-state index in [1.165, 1.54) is 9.80 Å². The number of nitrogens with zero attached hydrogens (tertiary/aromatic N) is 8. The Morgan fingerprint density at radius 1 is 0.593 bits per heavy atom. The van der Waals surface area contributed by atoms with E-state index in [0.717, 1.165) is 9.13 Å². The molecule has 2 unspecified atom stereocenters. The van der Waals surface area contributed by atoms with E-state index in [0.29, 0.717) is 35.4 Å². The number of carbonyl (C=O) groups is 4. The van der Waals surface area contributed by atoms with Crippen LogP contribution in [0.1, 0.15) is 71.9 Å². The van der Waals surface area contributed by atoms with Crippen molar-refractivity contribution in [3.05, 3.63) is 165 Å². The molecule has 5 atom stereocenters. The Morgan fingerprint density at radius 3 is 1.23 bits per heavy atom. The smallest absolute Gasteiger partial charge is 0.521 e. The molecular weight excluding hydrogens is 1130 g/mol. The van der Waals surface area contributed by atoms with Gasteiger partial charge in [0.2, 0.25) is 35.3 Å². The zero-order valence-electron chi connectivity index (χ0n) is 41.5. The van der Waals surface area contributed by atoms with Crippen molar-refractivity contribution in [3.63, 3.8) is 0 Å². The maximum absolute atomic E-state index is 14.4. The molecule has 6 aromatic rings. The SMILES string of the molecule is NC(=O)[C@@H](NC(CC(=O)N1CCn2c(nnc2C(F)(F)F)C1)Cc1cc(F)c(F)cc1F)c1ccccc1.NC(=O)[C@@H](N[C@@H](CC(=O)N1CCn2c(nnc2C(F)(F)F)C1)Cc1cc(F)c(F)cc1F)c1ccccc1.O=[P+]([O-])OO.[HH].